The van der Waals surface area contributed by atoms with Crippen LogP contribution in [0.4, 0.5) is 0 Å². The van der Waals surface area contributed by atoms with Gasteiger partial charge in [0.2, 0.25) is 0 Å². The zero-order chi connectivity index (χ0) is 13.8. The van der Waals surface area contributed by atoms with E-state index in [2.05, 4.69) is 6.92 Å². The summed E-state index contributed by atoms with van der Waals surface area (Å²) in [6.07, 6.45) is 0.830. The Morgan fingerprint density at radius 1 is 0.947 bits per heavy atom. The normalized spacial score (nSPS) is 12.2. The average molecular weight is 252 g/mol. The Morgan fingerprint density at radius 2 is 1.53 bits per heavy atom. The van der Waals surface area contributed by atoms with Crippen molar-refractivity contribution in [2.75, 3.05) is 0 Å². The van der Waals surface area contributed by atoms with E-state index in [0.29, 0.717) is 0 Å². The van der Waals surface area contributed by atoms with Crippen LogP contribution in [0.15, 0.2) is 48.5 Å². The zero-order valence-corrected chi connectivity index (χ0v) is 11.8. The Hall–Kier alpha value is -1.89. The quantitative estimate of drug-likeness (QED) is 0.722. The molecular weight excluding hydrogens is 232 g/mol. The zero-order valence-electron chi connectivity index (χ0n) is 11.8. The van der Waals surface area contributed by atoms with Gasteiger partial charge in [-0.1, -0.05) is 55.5 Å². The molecule has 0 aliphatic carbocycles. The molecule has 1 atom stereocenters. The van der Waals surface area contributed by atoms with Crippen LogP contribution in [-0.2, 0) is 0 Å². The van der Waals surface area contributed by atoms with Crippen LogP contribution >= 0.6 is 0 Å². The Labute approximate surface area is 115 Å². The molecule has 0 radical (unpaired) electrons. The number of rotatable bonds is 4. The molecular formula is C18H20O. The first-order valence-corrected chi connectivity index (χ1v) is 6.80. The lowest BCUT2D eigenvalue weighted by molar-refractivity contribution is 0.0956. The Balaban J connectivity index is 2.42. The van der Waals surface area contributed by atoms with Gasteiger partial charge in [0.1, 0.15) is 0 Å². The predicted molar refractivity (Wildman–Crippen MR) is 79.7 cm³/mol. The van der Waals surface area contributed by atoms with Crippen molar-refractivity contribution in [1.82, 2.24) is 0 Å². The molecule has 0 fully saturated rings. The second-order valence-corrected chi connectivity index (χ2v) is 5.00. The van der Waals surface area contributed by atoms with Crippen molar-refractivity contribution in [2.24, 2.45) is 0 Å². The first-order valence-electron chi connectivity index (χ1n) is 6.80. The number of hydrogen-bond donors (Lipinski definition) is 0. The Kier molecular flexibility index (Phi) is 4.16. The molecule has 1 unspecified atom stereocenters. The fourth-order valence-corrected chi connectivity index (χ4v) is 2.64. The number of benzene rings is 2. The van der Waals surface area contributed by atoms with E-state index >= 15 is 0 Å². The van der Waals surface area contributed by atoms with Crippen molar-refractivity contribution in [1.29, 1.82) is 0 Å². The molecule has 1 nitrogen and oxygen atoms in total. The van der Waals surface area contributed by atoms with Crippen LogP contribution < -0.4 is 0 Å². The van der Waals surface area contributed by atoms with E-state index in [1.54, 1.807) is 0 Å². The highest BCUT2D eigenvalue weighted by atomic mass is 16.1. The monoisotopic (exact) mass is 252 g/mol. The van der Waals surface area contributed by atoms with Gasteiger partial charge in [-0.05, 0) is 37.0 Å². The van der Waals surface area contributed by atoms with Gasteiger partial charge >= 0.3 is 0 Å². The van der Waals surface area contributed by atoms with E-state index in [-0.39, 0.29) is 11.7 Å². The highest BCUT2D eigenvalue weighted by Crippen LogP contribution is 2.27. The van der Waals surface area contributed by atoms with Crippen molar-refractivity contribution in [3.05, 3.63) is 70.8 Å². The number of carbonyl (C=O) groups is 1. The van der Waals surface area contributed by atoms with Crippen LogP contribution in [0, 0.1) is 13.8 Å². The maximum Gasteiger partial charge on any atom is 0.170 e. The second kappa shape index (κ2) is 5.83. The SMILES string of the molecule is CCC(C(=O)c1c(C)cccc1C)c1ccccc1. The molecule has 0 spiro atoms. The second-order valence-electron chi connectivity index (χ2n) is 5.00. The van der Waals surface area contributed by atoms with Gasteiger partial charge in [-0.2, -0.15) is 0 Å². The maximum atomic E-state index is 12.8. The van der Waals surface area contributed by atoms with E-state index in [0.717, 1.165) is 28.7 Å². The molecule has 0 aliphatic heterocycles. The fraction of sp³-hybridized carbons (Fsp3) is 0.278. The lowest BCUT2D eigenvalue weighted by atomic mass is 9.85. The number of ketones is 1. The molecule has 1 heteroatoms. The maximum absolute atomic E-state index is 12.8. The standard InChI is InChI=1S/C18H20O/c1-4-16(15-11-6-5-7-12-15)18(19)17-13(2)9-8-10-14(17)3/h5-12,16H,4H2,1-3H3. The molecule has 2 rings (SSSR count). The van der Waals surface area contributed by atoms with E-state index in [1.165, 1.54) is 0 Å². The molecule has 0 saturated heterocycles. The molecule has 0 heterocycles. The van der Waals surface area contributed by atoms with Crippen LogP contribution in [0.1, 0.15) is 46.3 Å². The molecule has 0 saturated carbocycles. The van der Waals surface area contributed by atoms with Gasteiger partial charge in [-0.15, -0.1) is 0 Å². The summed E-state index contributed by atoms with van der Waals surface area (Å²) in [6.45, 7) is 6.10. The van der Waals surface area contributed by atoms with Crippen molar-refractivity contribution >= 4 is 5.78 Å². The van der Waals surface area contributed by atoms with E-state index in [9.17, 15) is 4.79 Å². The van der Waals surface area contributed by atoms with Crippen LogP contribution in [0.5, 0.6) is 0 Å². The summed E-state index contributed by atoms with van der Waals surface area (Å²) in [6, 6.07) is 16.1. The van der Waals surface area contributed by atoms with Crippen LogP contribution in [0.25, 0.3) is 0 Å². The van der Waals surface area contributed by atoms with Crippen molar-refractivity contribution in [3.8, 4) is 0 Å². The van der Waals surface area contributed by atoms with E-state index < -0.39 is 0 Å². The third-order valence-corrected chi connectivity index (χ3v) is 3.65. The average Bonchev–Trinajstić information content (AvgIpc) is 2.40. The summed E-state index contributed by atoms with van der Waals surface area (Å²) in [7, 11) is 0. The van der Waals surface area contributed by atoms with Crippen molar-refractivity contribution < 1.29 is 4.79 Å². The minimum atomic E-state index is -0.0407. The third-order valence-electron chi connectivity index (χ3n) is 3.65. The van der Waals surface area contributed by atoms with Crippen molar-refractivity contribution in [2.45, 2.75) is 33.1 Å². The summed E-state index contributed by atoms with van der Waals surface area (Å²) >= 11 is 0. The van der Waals surface area contributed by atoms with Gasteiger partial charge in [0, 0.05) is 11.5 Å². The van der Waals surface area contributed by atoms with Crippen LogP contribution in [0.2, 0.25) is 0 Å². The van der Waals surface area contributed by atoms with Gasteiger partial charge in [0.25, 0.3) is 0 Å². The van der Waals surface area contributed by atoms with Gasteiger partial charge in [0.15, 0.2) is 5.78 Å². The summed E-state index contributed by atoms with van der Waals surface area (Å²) in [4.78, 5) is 12.8. The molecule has 2 aromatic carbocycles. The Morgan fingerprint density at radius 3 is 2.05 bits per heavy atom. The smallest absolute Gasteiger partial charge is 0.170 e. The van der Waals surface area contributed by atoms with Gasteiger partial charge in [-0.3, -0.25) is 4.79 Å². The molecule has 0 aliphatic rings. The van der Waals surface area contributed by atoms with E-state index in [4.69, 9.17) is 0 Å². The molecule has 0 aromatic heterocycles. The van der Waals surface area contributed by atoms with Crippen molar-refractivity contribution in [3.63, 3.8) is 0 Å². The minimum absolute atomic E-state index is 0.0407. The molecule has 2 aromatic rings. The highest BCUT2D eigenvalue weighted by molar-refractivity contribution is 6.03. The van der Waals surface area contributed by atoms with Crippen LogP contribution in [-0.4, -0.2) is 5.78 Å². The molecule has 98 valence electrons. The van der Waals surface area contributed by atoms with E-state index in [1.807, 2.05) is 62.4 Å². The number of aryl methyl sites for hydroxylation is 2. The summed E-state index contributed by atoms with van der Waals surface area (Å²) < 4.78 is 0. The number of Topliss-reactive ketones (excluding diaryl/α,β-unsaturated/α-hetero) is 1. The molecule has 19 heavy (non-hydrogen) atoms. The third kappa shape index (κ3) is 2.76. The van der Waals surface area contributed by atoms with Crippen LogP contribution in [0.3, 0.4) is 0 Å². The Bertz CT molecular complexity index is 549. The first kappa shape index (κ1) is 13.5. The summed E-state index contributed by atoms with van der Waals surface area (Å²) in [5, 5.41) is 0. The minimum Gasteiger partial charge on any atom is -0.293 e. The lowest BCUT2D eigenvalue weighted by Gasteiger charge is -2.17. The summed E-state index contributed by atoms with van der Waals surface area (Å²) in [5.74, 6) is 0.199. The highest BCUT2D eigenvalue weighted by Gasteiger charge is 2.22. The molecule has 0 bridgehead atoms. The lowest BCUT2D eigenvalue weighted by Crippen LogP contribution is -2.15. The topological polar surface area (TPSA) is 17.1 Å². The fourth-order valence-electron chi connectivity index (χ4n) is 2.64. The molecule has 0 amide bonds. The number of carbonyl (C=O) groups excluding carboxylic acids is 1. The largest absolute Gasteiger partial charge is 0.293 e. The first-order chi connectivity index (χ1) is 9.15. The predicted octanol–water partition coefficient (Wildman–Crippen LogP) is 4.68. The van der Waals surface area contributed by atoms with Gasteiger partial charge in [-0.25, -0.2) is 0 Å². The van der Waals surface area contributed by atoms with Gasteiger partial charge < -0.3 is 0 Å². The van der Waals surface area contributed by atoms with Gasteiger partial charge in [0.05, 0.1) is 0 Å². The number of hydrogen-bond acceptors (Lipinski definition) is 1. The summed E-state index contributed by atoms with van der Waals surface area (Å²) in [5.41, 5.74) is 4.13. The molecule has 0 N–H and O–H groups in total.